The first-order valence-electron chi connectivity index (χ1n) is 12.7. The maximum atomic E-state index is 13.1. The number of amides is 2. The number of ether oxygens (including phenoxy) is 1. The average Bonchev–Trinajstić information content (AvgIpc) is 2.93. The Bertz CT molecular complexity index is 1330. The lowest BCUT2D eigenvalue weighted by Crippen LogP contribution is -2.44. The van der Waals surface area contributed by atoms with Gasteiger partial charge in [-0.1, -0.05) is 17.7 Å². The summed E-state index contributed by atoms with van der Waals surface area (Å²) < 4.78 is 65.6. The molecule has 2 aromatic carbocycles. The molecule has 42 heavy (non-hydrogen) atoms. The van der Waals surface area contributed by atoms with E-state index in [1.165, 1.54) is 25.1 Å². The van der Waals surface area contributed by atoms with E-state index in [0.29, 0.717) is 37.6 Å². The van der Waals surface area contributed by atoms with E-state index in [2.05, 4.69) is 20.3 Å². The molecule has 0 aliphatic carbocycles. The van der Waals surface area contributed by atoms with E-state index in [4.69, 9.17) is 14.6 Å². The van der Waals surface area contributed by atoms with Gasteiger partial charge in [-0.2, -0.15) is 13.2 Å². The van der Waals surface area contributed by atoms with Gasteiger partial charge in [0, 0.05) is 52.4 Å². The van der Waals surface area contributed by atoms with E-state index in [0.717, 1.165) is 18.7 Å². The number of carboxylic acid groups (broad SMARTS) is 1. The zero-order chi connectivity index (χ0) is 31.5. The second-order valence-corrected chi connectivity index (χ2v) is 10.9. The summed E-state index contributed by atoms with van der Waals surface area (Å²) in [5.74, 6) is -3.46. The van der Waals surface area contributed by atoms with Crippen LogP contribution in [0.2, 0.25) is 0 Å². The Hall–Kier alpha value is -3.89. The number of carbonyl (C=O) groups excluding carboxylic acids is 2. The summed E-state index contributed by atoms with van der Waals surface area (Å²) in [5, 5.41) is 13.1. The lowest BCUT2D eigenvalue weighted by atomic mass is 10.1. The third kappa shape index (κ3) is 10.5. The Balaban J connectivity index is 0.000000782. The lowest BCUT2D eigenvalue weighted by molar-refractivity contribution is -0.192. The fourth-order valence-electron chi connectivity index (χ4n) is 3.71. The first-order valence-corrected chi connectivity index (χ1v) is 14.1. The molecule has 2 amide bonds. The fourth-order valence-corrected chi connectivity index (χ4v) is 4.77. The number of aryl methyl sites for hydroxylation is 1. The number of carbonyl (C=O) groups is 3. The Kier molecular flexibility index (Phi) is 12.6. The molecule has 1 fully saturated rings. The number of likely N-dealkylation sites (N-methyl/N-ethyl adjacent to an activating group) is 1. The van der Waals surface area contributed by atoms with E-state index < -0.39 is 28.1 Å². The van der Waals surface area contributed by atoms with Crippen LogP contribution in [0.25, 0.3) is 0 Å². The highest BCUT2D eigenvalue weighted by Gasteiger charge is 2.38. The van der Waals surface area contributed by atoms with Gasteiger partial charge >= 0.3 is 12.1 Å². The number of benzene rings is 2. The highest BCUT2D eigenvalue weighted by Crippen LogP contribution is 2.30. The van der Waals surface area contributed by atoms with Crippen LogP contribution in [-0.4, -0.2) is 102 Å². The number of methoxy groups -OCH3 is 1. The monoisotopic (exact) mass is 617 g/mol. The molecule has 0 radical (unpaired) electrons. The van der Waals surface area contributed by atoms with Gasteiger partial charge in [0.2, 0.25) is 5.91 Å². The minimum absolute atomic E-state index is 0.132. The van der Waals surface area contributed by atoms with Gasteiger partial charge < -0.3 is 30.3 Å². The number of anilines is 2. The molecule has 232 valence electrons. The van der Waals surface area contributed by atoms with Crippen LogP contribution in [0.4, 0.5) is 24.5 Å². The molecule has 0 aromatic heterocycles. The van der Waals surface area contributed by atoms with Crippen LogP contribution in [0.5, 0.6) is 0 Å². The van der Waals surface area contributed by atoms with Crippen molar-refractivity contribution < 1.29 is 45.8 Å². The number of aliphatic carboxylic acids is 1. The van der Waals surface area contributed by atoms with Gasteiger partial charge in [0.05, 0.1) is 29.4 Å². The van der Waals surface area contributed by atoms with Gasteiger partial charge in [-0.15, -0.1) is 0 Å². The number of sulfonamides is 1. The molecule has 1 aliphatic rings. The van der Waals surface area contributed by atoms with E-state index in [1.54, 1.807) is 36.4 Å². The molecule has 3 rings (SSSR count). The Morgan fingerprint density at radius 3 is 2.24 bits per heavy atom. The lowest BCUT2D eigenvalue weighted by Gasteiger charge is -2.31. The molecule has 0 bridgehead atoms. The Morgan fingerprint density at radius 2 is 1.69 bits per heavy atom. The summed E-state index contributed by atoms with van der Waals surface area (Å²) in [7, 11) is -0.814. The van der Waals surface area contributed by atoms with Gasteiger partial charge in [0.15, 0.2) is 0 Å². The number of halogens is 3. The number of hydrogen-bond donors (Lipinski definition) is 4. The summed E-state index contributed by atoms with van der Waals surface area (Å²) in [6.45, 7) is 5.42. The van der Waals surface area contributed by atoms with Crippen molar-refractivity contribution in [1.82, 2.24) is 15.5 Å². The number of piperazine rings is 1. The van der Waals surface area contributed by atoms with Crippen LogP contribution in [0.3, 0.4) is 0 Å². The Labute approximate surface area is 241 Å². The zero-order valence-corrected chi connectivity index (χ0v) is 24.1. The maximum Gasteiger partial charge on any atom is 0.490 e. The first-order chi connectivity index (χ1) is 19.7. The maximum absolute atomic E-state index is 13.1. The van der Waals surface area contributed by atoms with Crippen LogP contribution >= 0.6 is 0 Å². The van der Waals surface area contributed by atoms with Gasteiger partial charge in [-0.25, -0.2) is 13.2 Å². The molecule has 1 heterocycles. The quantitative estimate of drug-likeness (QED) is 0.291. The standard InChI is InChI=1S/C24H33N5O5S.C2HF3O2/c1-18-4-7-20(8-5-18)35(32,33)27-21-16-19(6-9-22(21)29-13-10-25-11-14-29)24(31)28(2)17-23(30)26-12-15-34-3;3-2(4,5)1(6)7/h4-9,16,25,27H,10-15,17H2,1-3H3,(H,26,30);(H,6,7). The van der Waals surface area contributed by atoms with Crippen molar-refractivity contribution in [2.45, 2.75) is 18.0 Å². The van der Waals surface area contributed by atoms with Crippen molar-refractivity contribution >= 4 is 39.2 Å². The van der Waals surface area contributed by atoms with E-state index >= 15 is 0 Å². The van der Waals surface area contributed by atoms with E-state index in [-0.39, 0.29) is 22.9 Å². The largest absolute Gasteiger partial charge is 0.490 e. The SMILES string of the molecule is COCCNC(=O)CN(C)C(=O)c1ccc(N2CCNCC2)c(NS(=O)(=O)c2ccc(C)cc2)c1.O=C(O)C(F)(F)F. The molecule has 4 N–H and O–H groups in total. The third-order valence-electron chi connectivity index (χ3n) is 5.88. The summed E-state index contributed by atoms with van der Waals surface area (Å²) in [5.41, 5.74) is 2.24. The van der Waals surface area contributed by atoms with Gasteiger partial charge in [0.1, 0.15) is 0 Å². The number of nitrogens with zero attached hydrogens (tertiary/aromatic N) is 2. The predicted molar refractivity (Wildman–Crippen MR) is 149 cm³/mol. The summed E-state index contributed by atoms with van der Waals surface area (Å²) in [6.07, 6.45) is -5.08. The van der Waals surface area contributed by atoms with Gasteiger partial charge in [0.25, 0.3) is 15.9 Å². The van der Waals surface area contributed by atoms with Crippen LogP contribution in [0.1, 0.15) is 15.9 Å². The molecule has 0 spiro atoms. The van der Waals surface area contributed by atoms with Gasteiger partial charge in [-0.05, 0) is 37.3 Å². The van der Waals surface area contributed by atoms with Crippen molar-refractivity contribution in [2.75, 3.05) is 69.7 Å². The normalized spacial score (nSPS) is 13.4. The van der Waals surface area contributed by atoms with Crippen molar-refractivity contribution in [3.63, 3.8) is 0 Å². The highest BCUT2D eigenvalue weighted by molar-refractivity contribution is 7.92. The van der Waals surface area contributed by atoms with Crippen LogP contribution < -0.4 is 20.3 Å². The second kappa shape index (κ2) is 15.4. The van der Waals surface area contributed by atoms with Crippen molar-refractivity contribution in [3.8, 4) is 0 Å². The van der Waals surface area contributed by atoms with Crippen molar-refractivity contribution in [1.29, 1.82) is 0 Å². The summed E-state index contributed by atoms with van der Waals surface area (Å²) >= 11 is 0. The van der Waals surface area contributed by atoms with Crippen molar-refractivity contribution in [3.05, 3.63) is 53.6 Å². The van der Waals surface area contributed by atoms with Crippen molar-refractivity contribution in [2.24, 2.45) is 0 Å². The molecule has 0 saturated carbocycles. The smallest absolute Gasteiger partial charge is 0.475 e. The number of alkyl halides is 3. The van der Waals surface area contributed by atoms with Crippen LogP contribution in [-0.2, 0) is 24.3 Å². The van der Waals surface area contributed by atoms with Gasteiger partial charge in [-0.3, -0.25) is 14.3 Å². The molecule has 0 unspecified atom stereocenters. The topological polar surface area (TPSA) is 157 Å². The minimum Gasteiger partial charge on any atom is -0.475 e. The second-order valence-electron chi connectivity index (χ2n) is 9.19. The third-order valence-corrected chi connectivity index (χ3v) is 7.26. The highest BCUT2D eigenvalue weighted by atomic mass is 32.2. The summed E-state index contributed by atoms with van der Waals surface area (Å²) in [6, 6.07) is 11.5. The zero-order valence-electron chi connectivity index (χ0n) is 23.3. The van der Waals surface area contributed by atoms with E-state index in [1.807, 2.05) is 6.92 Å². The number of hydrogen-bond acceptors (Lipinski definition) is 8. The molecular weight excluding hydrogens is 583 g/mol. The molecule has 1 aliphatic heterocycles. The van der Waals surface area contributed by atoms with E-state index in [9.17, 15) is 31.2 Å². The Morgan fingerprint density at radius 1 is 1.10 bits per heavy atom. The molecule has 12 nitrogen and oxygen atoms in total. The predicted octanol–water partition coefficient (Wildman–Crippen LogP) is 1.67. The number of carboxylic acids is 1. The number of rotatable bonds is 10. The summed E-state index contributed by atoms with van der Waals surface area (Å²) in [4.78, 5) is 37.5. The molecule has 16 heteroatoms. The average molecular weight is 618 g/mol. The fraction of sp³-hybridized carbons (Fsp3) is 0.423. The molecule has 1 saturated heterocycles. The van der Waals surface area contributed by atoms with Crippen LogP contribution in [0.15, 0.2) is 47.4 Å². The molecular formula is C26H34F3N5O7S. The minimum atomic E-state index is -5.08. The van der Waals surface area contributed by atoms with Crippen LogP contribution in [0, 0.1) is 6.92 Å². The number of nitrogens with one attached hydrogen (secondary N) is 3. The molecule has 2 aromatic rings. The first kappa shape index (κ1) is 34.3. The molecule has 0 atom stereocenters.